The van der Waals surface area contributed by atoms with Gasteiger partial charge in [0.15, 0.2) is 6.29 Å². The molecule has 0 N–H and O–H groups in total. The highest BCUT2D eigenvalue weighted by molar-refractivity contribution is 4.82. The van der Waals surface area contributed by atoms with Crippen molar-refractivity contribution in [2.24, 2.45) is 5.92 Å². The summed E-state index contributed by atoms with van der Waals surface area (Å²) in [6.07, 6.45) is 7.04. The Kier molecular flexibility index (Phi) is 2.66. The highest BCUT2D eigenvalue weighted by atomic mass is 16.7. The molecule has 2 nitrogen and oxygen atoms in total. The van der Waals surface area contributed by atoms with Gasteiger partial charge in [-0.05, 0) is 38.5 Å². The molecular weight excluding hydrogens is 152 g/mol. The predicted octanol–water partition coefficient (Wildman–Crippen LogP) is 2.33. The maximum Gasteiger partial charge on any atom is 0.157 e. The number of rotatable bonds is 2. The zero-order valence-corrected chi connectivity index (χ0v) is 7.79. The Morgan fingerprint density at radius 3 is 3.00 bits per heavy atom. The molecule has 0 spiro atoms. The van der Waals surface area contributed by atoms with E-state index in [2.05, 4.69) is 0 Å². The van der Waals surface area contributed by atoms with Crippen LogP contribution in [0.2, 0.25) is 0 Å². The molecule has 0 radical (unpaired) electrons. The van der Waals surface area contributed by atoms with E-state index in [0.29, 0.717) is 6.10 Å². The summed E-state index contributed by atoms with van der Waals surface area (Å²) in [5, 5.41) is 0. The van der Waals surface area contributed by atoms with Crippen molar-refractivity contribution in [2.75, 3.05) is 6.61 Å². The summed E-state index contributed by atoms with van der Waals surface area (Å²) in [5.41, 5.74) is 0. The van der Waals surface area contributed by atoms with Gasteiger partial charge in [-0.25, -0.2) is 0 Å². The fourth-order valence-electron chi connectivity index (χ4n) is 2.43. The smallest absolute Gasteiger partial charge is 0.157 e. The largest absolute Gasteiger partial charge is 0.353 e. The molecule has 0 aromatic rings. The van der Waals surface area contributed by atoms with Crippen LogP contribution in [0.3, 0.4) is 0 Å². The van der Waals surface area contributed by atoms with E-state index in [4.69, 9.17) is 9.47 Å². The number of ether oxygens (including phenoxy) is 2. The average molecular weight is 170 g/mol. The van der Waals surface area contributed by atoms with Gasteiger partial charge in [-0.3, -0.25) is 0 Å². The molecule has 0 amide bonds. The second kappa shape index (κ2) is 3.75. The van der Waals surface area contributed by atoms with Crippen LogP contribution < -0.4 is 0 Å². The van der Waals surface area contributed by atoms with Gasteiger partial charge in [-0.15, -0.1) is 0 Å². The molecule has 1 heterocycles. The Balaban J connectivity index is 1.84. The third kappa shape index (κ3) is 1.64. The summed E-state index contributed by atoms with van der Waals surface area (Å²) >= 11 is 0. The fourth-order valence-corrected chi connectivity index (χ4v) is 2.43. The van der Waals surface area contributed by atoms with Crippen molar-refractivity contribution < 1.29 is 9.47 Å². The molecule has 1 saturated carbocycles. The van der Waals surface area contributed by atoms with E-state index in [-0.39, 0.29) is 6.29 Å². The lowest BCUT2D eigenvalue weighted by Gasteiger charge is -2.32. The number of hydrogen-bond acceptors (Lipinski definition) is 2. The van der Waals surface area contributed by atoms with Gasteiger partial charge in [-0.2, -0.15) is 0 Å². The Hall–Kier alpha value is -0.0800. The maximum absolute atomic E-state index is 5.83. The fraction of sp³-hybridized carbons (Fsp3) is 1.00. The minimum atomic E-state index is 0.106. The van der Waals surface area contributed by atoms with E-state index >= 15 is 0 Å². The zero-order valence-electron chi connectivity index (χ0n) is 7.79. The molecule has 1 aliphatic carbocycles. The minimum Gasteiger partial charge on any atom is -0.353 e. The van der Waals surface area contributed by atoms with Gasteiger partial charge in [0.1, 0.15) is 0 Å². The molecule has 0 aromatic heterocycles. The van der Waals surface area contributed by atoms with Crippen molar-refractivity contribution in [2.45, 2.75) is 51.4 Å². The van der Waals surface area contributed by atoms with Crippen molar-refractivity contribution >= 4 is 0 Å². The van der Waals surface area contributed by atoms with Crippen molar-refractivity contribution in [1.82, 2.24) is 0 Å². The van der Waals surface area contributed by atoms with E-state index in [0.717, 1.165) is 18.9 Å². The minimum absolute atomic E-state index is 0.106. The van der Waals surface area contributed by atoms with Gasteiger partial charge in [-0.1, -0.05) is 6.42 Å². The molecule has 2 aliphatic rings. The summed E-state index contributed by atoms with van der Waals surface area (Å²) < 4.78 is 11.3. The third-order valence-corrected chi connectivity index (χ3v) is 3.04. The highest BCUT2D eigenvalue weighted by Crippen LogP contribution is 2.37. The van der Waals surface area contributed by atoms with E-state index < -0.39 is 0 Å². The van der Waals surface area contributed by atoms with Crippen molar-refractivity contribution in [3.8, 4) is 0 Å². The molecule has 2 heteroatoms. The van der Waals surface area contributed by atoms with E-state index in [1.165, 1.54) is 25.7 Å². The molecule has 0 bridgehead atoms. The van der Waals surface area contributed by atoms with Crippen LogP contribution in [0.4, 0.5) is 0 Å². The van der Waals surface area contributed by atoms with Crippen molar-refractivity contribution in [3.05, 3.63) is 0 Å². The van der Waals surface area contributed by atoms with Crippen LogP contribution in [-0.4, -0.2) is 19.0 Å². The Morgan fingerprint density at radius 2 is 2.17 bits per heavy atom. The van der Waals surface area contributed by atoms with E-state index in [1.807, 2.05) is 6.92 Å². The monoisotopic (exact) mass is 170 g/mol. The second-order valence-electron chi connectivity index (χ2n) is 3.83. The first-order chi connectivity index (χ1) is 5.90. The molecule has 70 valence electrons. The molecule has 0 unspecified atom stereocenters. The van der Waals surface area contributed by atoms with Crippen LogP contribution in [0, 0.1) is 5.92 Å². The van der Waals surface area contributed by atoms with Gasteiger partial charge in [0, 0.05) is 6.61 Å². The molecule has 12 heavy (non-hydrogen) atoms. The molecule has 0 aromatic carbocycles. The maximum atomic E-state index is 5.83. The van der Waals surface area contributed by atoms with E-state index in [9.17, 15) is 0 Å². The van der Waals surface area contributed by atoms with Crippen LogP contribution in [0.15, 0.2) is 0 Å². The lowest BCUT2D eigenvalue weighted by atomic mass is 9.97. The summed E-state index contributed by atoms with van der Waals surface area (Å²) in [6, 6.07) is 0. The topological polar surface area (TPSA) is 18.5 Å². The lowest BCUT2D eigenvalue weighted by molar-refractivity contribution is -0.201. The first-order valence-corrected chi connectivity index (χ1v) is 5.17. The van der Waals surface area contributed by atoms with Crippen LogP contribution in [0.5, 0.6) is 0 Å². The first kappa shape index (κ1) is 8.52. The standard InChI is InChI=1S/C10H18O2/c1-2-11-10-7-6-8-4-3-5-9(8)12-10/h8-10H,2-7H2,1H3/t8-,9-,10+/m0/s1. The van der Waals surface area contributed by atoms with Gasteiger partial charge in [0.2, 0.25) is 0 Å². The highest BCUT2D eigenvalue weighted by Gasteiger charge is 2.34. The first-order valence-electron chi connectivity index (χ1n) is 5.17. The molecule has 2 rings (SSSR count). The lowest BCUT2D eigenvalue weighted by Crippen LogP contribution is -2.33. The molecule has 2 fully saturated rings. The average Bonchev–Trinajstić information content (AvgIpc) is 2.51. The zero-order chi connectivity index (χ0) is 8.39. The van der Waals surface area contributed by atoms with Crippen LogP contribution >= 0.6 is 0 Å². The number of hydrogen-bond donors (Lipinski definition) is 0. The molecule has 1 saturated heterocycles. The van der Waals surface area contributed by atoms with Gasteiger partial charge < -0.3 is 9.47 Å². The van der Waals surface area contributed by atoms with Crippen LogP contribution in [-0.2, 0) is 9.47 Å². The molecule has 3 atom stereocenters. The van der Waals surface area contributed by atoms with Crippen LogP contribution in [0.1, 0.15) is 39.0 Å². The summed E-state index contributed by atoms with van der Waals surface area (Å²) in [5.74, 6) is 0.849. The summed E-state index contributed by atoms with van der Waals surface area (Å²) in [4.78, 5) is 0. The SMILES string of the molecule is CCO[C@H]1CC[C@@H]2CCC[C@@H]2O1. The van der Waals surface area contributed by atoms with Gasteiger partial charge in [0.05, 0.1) is 6.10 Å². The second-order valence-corrected chi connectivity index (χ2v) is 3.83. The summed E-state index contributed by atoms with van der Waals surface area (Å²) in [7, 11) is 0. The Morgan fingerprint density at radius 1 is 1.25 bits per heavy atom. The third-order valence-electron chi connectivity index (χ3n) is 3.04. The quantitative estimate of drug-likeness (QED) is 0.633. The van der Waals surface area contributed by atoms with E-state index in [1.54, 1.807) is 0 Å². The molecule has 1 aliphatic heterocycles. The summed E-state index contributed by atoms with van der Waals surface area (Å²) in [6.45, 7) is 2.81. The normalized spacial score (nSPS) is 41.2. The van der Waals surface area contributed by atoms with Gasteiger partial charge in [0.25, 0.3) is 0 Å². The predicted molar refractivity (Wildman–Crippen MR) is 46.9 cm³/mol. The Bertz CT molecular complexity index is 147. The van der Waals surface area contributed by atoms with Crippen molar-refractivity contribution in [1.29, 1.82) is 0 Å². The molecular formula is C10H18O2. The number of fused-ring (bicyclic) bond motifs is 1. The van der Waals surface area contributed by atoms with Gasteiger partial charge >= 0.3 is 0 Å². The van der Waals surface area contributed by atoms with Crippen LogP contribution in [0.25, 0.3) is 0 Å². The Labute approximate surface area is 74.2 Å². The van der Waals surface area contributed by atoms with Crippen molar-refractivity contribution in [3.63, 3.8) is 0 Å².